The van der Waals surface area contributed by atoms with E-state index in [1.807, 2.05) is 46.8 Å². The van der Waals surface area contributed by atoms with Gasteiger partial charge in [-0.1, -0.05) is 108 Å². The molecule has 38 nitrogen and oxygen atoms in total. The lowest BCUT2D eigenvalue weighted by Crippen LogP contribution is -2.69. The number of hydrogen-bond donors (Lipinski definition) is 10. The zero-order chi connectivity index (χ0) is 91.9. The number of carboxylic acid groups (broad SMARTS) is 2. The number of hydrogen-bond acceptors (Lipinski definition) is 38. The lowest BCUT2D eigenvalue weighted by atomic mass is 9.50. The van der Waals surface area contributed by atoms with E-state index in [0.717, 1.165) is 44.9 Å². The Kier molecular flexibility index (Phi) is 34.7. The lowest BCUT2D eigenvalue weighted by molar-refractivity contribution is -0.260. The van der Waals surface area contributed by atoms with E-state index in [0.29, 0.717) is 47.6 Å². The average molecular weight is 1850 g/mol. The fraction of sp³-hybridized carbons (Fsp3) is 0.690. The third-order valence-corrected chi connectivity index (χ3v) is 30.6. The minimum atomic E-state index is -2.09. The molecule has 126 heavy (non-hydrogen) atoms. The first kappa shape index (κ1) is 100. The van der Waals surface area contributed by atoms with Crippen LogP contribution in [0.5, 0.6) is 0 Å². The van der Waals surface area contributed by atoms with Crippen LogP contribution in [0.15, 0.2) is 71.9 Å². The van der Waals surface area contributed by atoms with Gasteiger partial charge in [0.2, 0.25) is 24.0 Å². The van der Waals surface area contributed by atoms with Crippen LogP contribution >= 0.6 is 43.5 Å². The molecule has 2 amide bonds. The number of carboxylic acids is 2. The minimum Gasteiger partial charge on any atom is -0.481 e. The number of carbonyl (C=O) groups is 14. The summed E-state index contributed by atoms with van der Waals surface area (Å²) in [5.41, 5.74) is -4.69. The number of esters is 6. The second kappa shape index (κ2) is 43.6. The van der Waals surface area contributed by atoms with Crippen molar-refractivity contribution in [1.29, 1.82) is 0 Å². The number of cyclic esters (lactones) is 4. The van der Waals surface area contributed by atoms with Crippen LogP contribution in [0.1, 0.15) is 138 Å². The molecule has 42 heteroatoms. The van der Waals surface area contributed by atoms with E-state index in [1.165, 1.54) is 50.4 Å². The van der Waals surface area contributed by atoms with Crippen molar-refractivity contribution in [2.75, 3.05) is 83.7 Å². The Labute approximate surface area is 742 Å². The largest absolute Gasteiger partial charge is 0.522 e. The van der Waals surface area contributed by atoms with Gasteiger partial charge in [-0.25, -0.2) is 38.4 Å². The van der Waals surface area contributed by atoms with Gasteiger partial charge in [-0.3, -0.25) is 28.8 Å². The van der Waals surface area contributed by atoms with E-state index in [2.05, 4.69) is 16.0 Å². The summed E-state index contributed by atoms with van der Waals surface area (Å²) in [6.07, 6.45) is -5.04. The number of nitrogens with one attached hydrogen (secondary N) is 3. The zero-order valence-electron chi connectivity index (χ0n) is 71.2. The quantitative estimate of drug-likeness (QED) is 0.00818. The number of carbonyl (C=O) groups excluding carboxylic acids is 12. The van der Waals surface area contributed by atoms with Crippen molar-refractivity contribution in [3.05, 3.63) is 71.9 Å². The van der Waals surface area contributed by atoms with Gasteiger partial charge in [-0.05, 0) is 79.2 Å². The van der Waals surface area contributed by atoms with Crippen LogP contribution < -0.4 is 16.0 Å². The second-order valence-corrected chi connectivity index (χ2v) is 38.8. The Morgan fingerprint density at radius 3 is 1.72 bits per heavy atom. The maximum atomic E-state index is 14.5. The number of rotatable bonds is 34. The van der Waals surface area contributed by atoms with E-state index in [9.17, 15) is 103 Å². The summed E-state index contributed by atoms with van der Waals surface area (Å²) in [4.78, 5) is 190. The Morgan fingerprint density at radius 1 is 0.611 bits per heavy atom. The fourth-order valence-electron chi connectivity index (χ4n) is 18.6. The third-order valence-electron chi connectivity index (χ3n) is 26.5. The van der Waals surface area contributed by atoms with Crippen molar-refractivity contribution in [2.24, 2.45) is 45.3 Å². The molecule has 0 radical (unpaired) electrons. The maximum absolute atomic E-state index is 14.5. The first-order valence-electron chi connectivity index (χ1n) is 41.8. The van der Waals surface area contributed by atoms with Crippen molar-refractivity contribution < 1.29 is 169 Å². The number of ether oxygens (including phenoxy) is 13. The van der Waals surface area contributed by atoms with Crippen LogP contribution in [-0.2, 0) is 123 Å². The van der Waals surface area contributed by atoms with E-state index < -0.39 is 282 Å². The lowest BCUT2D eigenvalue weighted by Gasteiger charge is -2.60. The maximum Gasteiger partial charge on any atom is 0.522 e. The fourth-order valence-corrected chi connectivity index (χ4v) is 22.3. The molecule has 698 valence electrons. The normalized spacial score (nSPS) is 34.3. The van der Waals surface area contributed by atoms with Gasteiger partial charge < -0.3 is 117 Å². The van der Waals surface area contributed by atoms with E-state index in [-0.39, 0.29) is 83.4 Å². The molecule has 10 rings (SSSR count). The Morgan fingerprint density at radius 2 is 1.16 bits per heavy atom. The van der Waals surface area contributed by atoms with Gasteiger partial charge in [-0.15, -0.1) is 0 Å². The van der Waals surface area contributed by atoms with Crippen molar-refractivity contribution in [1.82, 2.24) is 16.0 Å². The summed E-state index contributed by atoms with van der Waals surface area (Å²) < 4.78 is 83.5. The van der Waals surface area contributed by atoms with Gasteiger partial charge in [0.25, 0.3) is 0 Å². The molecular formula is C84H113N3O35S4. The van der Waals surface area contributed by atoms with E-state index in [4.69, 9.17) is 65.8 Å². The predicted octanol–water partition coefficient (Wildman–Crippen LogP) is 4.25. The van der Waals surface area contributed by atoms with Crippen LogP contribution in [0.3, 0.4) is 0 Å². The molecule has 4 saturated heterocycles. The summed E-state index contributed by atoms with van der Waals surface area (Å²) in [6.45, 7) is 10.3. The first-order chi connectivity index (χ1) is 59.8. The Balaban J connectivity index is 0.751. The molecule has 0 unspecified atom stereocenters. The van der Waals surface area contributed by atoms with Gasteiger partial charge in [0, 0.05) is 115 Å². The molecule has 10 N–H and O–H groups in total. The highest BCUT2D eigenvalue weighted by Crippen LogP contribution is 2.76. The Hall–Kier alpha value is -7.98. The number of amides is 2. The molecule has 6 aliphatic heterocycles. The van der Waals surface area contributed by atoms with Gasteiger partial charge in [-0.2, -0.15) is 0 Å². The minimum absolute atomic E-state index is 0.000564. The first-order valence-corrected chi connectivity index (χ1v) is 46.6. The molecule has 0 aromatic carbocycles. The molecule has 0 aromatic rings. The van der Waals surface area contributed by atoms with Gasteiger partial charge >= 0.3 is 60.1 Å². The summed E-state index contributed by atoms with van der Waals surface area (Å²) >= 11 is 0.298. The number of allylic oxidation sites excluding steroid dienone is 6. The molecular weight excluding hydrogens is 1740 g/mol. The summed E-state index contributed by atoms with van der Waals surface area (Å²) in [5, 5.41) is 78.0. The second-order valence-electron chi connectivity index (χ2n) is 34.2. The summed E-state index contributed by atoms with van der Waals surface area (Å²) in [7, 11) is 4.31. The predicted molar refractivity (Wildman–Crippen MR) is 445 cm³/mol. The number of epoxide rings is 2. The van der Waals surface area contributed by atoms with E-state index in [1.54, 1.807) is 6.92 Å². The van der Waals surface area contributed by atoms with Crippen molar-refractivity contribution in [2.45, 2.75) is 234 Å². The SMILES string of the molecule is CN[C@@H](CSSCCOC(=O)O[C@@H]1C(=O)OC[C@]23CCC(C)=C[C@H]2O[C@]2(C)C[C@@H](OC(=O)/C=C\C=C\C(=O)OCC[C@H]1C)[C@@]3(C)[C@]21CO1)C(=O)C[C@@H](CCC(=O)O)C(=O)N[C@@H](CCC(=O)NC[C@H](O)[C@@H](O)[C@H](O)[C@H](O)CO)C(=O)C[C@@H](CSSOC(=O)O[C@@H]1C(=O)OC[C@]23CCC(C)=C[C@H]2O[C@@H]2C[C@@H](OC(=O)/C=C\C=C\C(=O)OCC[C@H]1C)[C@@]3(C)[C@]21CO1)C(=O)O. The number of aliphatic hydroxyl groups is 5. The summed E-state index contributed by atoms with van der Waals surface area (Å²) in [5.74, 6) is -16.8. The van der Waals surface area contributed by atoms with Gasteiger partial charge in [0.05, 0.1) is 86.3 Å². The van der Waals surface area contributed by atoms with Crippen molar-refractivity contribution in [3.8, 4) is 0 Å². The highest BCUT2D eigenvalue weighted by atomic mass is 33.1. The molecule has 4 aliphatic carbocycles. The average Bonchev–Trinajstić information content (AvgIpc) is 1.47. The van der Waals surface area contributed by atoms with Crippen LogP contribution in [0.4, 0.5) is 9.59 Å². The number of Topliss-reactive ketones (excluding diaryl/α,β-unsaturated/α-hetero) is 2. The van der Waals surface area contributed by atoms with Gasteiger partial charge in [0.1, 0.15) is 78.2 Å². The smallest absolute Gasteiger partial charge is 0.481 e. The van der Waals surface area contributed by atoms with Crippen molar-refractivity contribution >= 4 is 127 Å². The highest BCUT2D eigenvalue weighted by Gasteiger charge is 2.87. The molecule has 10 aliphatic rings. The Bertz CT molecular complexity index is 4230. The monoisotopic (exact) mass is 1850 g/mol. The standard InChI is InChI=1S/C84H113N3O35S4/c1-45-21-25-81-41-112-75(106)71(48(4)24-28-110-64(96)13-9-11-15-66(98)117-57-35-60(116-58(81)31-45)83(43-114-83)79(57,81)6)120-77(108)122-126-125-39-50(73(103)104)34-53(89)51(18-19-62(93)86-37-55(91)68(100)69(101)56(92)38-88)87-72(102)49(17-20-63(94)95)33-54(90)52(85-8)40-124-123-30-29-111-76(107)119-70-47(3)23-27-109-65(97)14-10-12-16-67(99)118-61-36-78(5)84(44-115-84)80(61,7)82(42-113-74(70)105)26-22-46(2)32-59(82)121-78/h9-16,31-32,47-52,55-61,68-71,85,88,91-92,100-101H,17-30,33-44H2,1-8H3,(H,86,93)(H,87,102)(H,94,95)(H,103,104)/b13-9+,14-10+,15-11-,16-12-/t47-,48-,49-,50+,51+,52+,55+,56-,57-,58-,59-,60-,61-,68-,69-,70+,71+,78-,79-,80-,81-,82-,83+,84+/m1/s1. The topological polar surface area (TPSA) is 553 Å². The molecule has 4 bridgehead atoms. The number of likely N-dealkylation sites (N-methyl/N-ethyl adjacent to an activating group) is 1. The van der Waals surface area contributed by atoms with Gasteiger partial charge in [0.15, 0.2) is 11.6 Å². The van der Waals surface area contributed by atoms with Crippen LogP contribution in [-0.4, -0.2) is 299 Å². The zero-order valence-corrected chi connectivity index (χ0v) is 74.4. The van der Waals surface area contributed by atoms with Crippen LogP contribution in [0, 0.1) is 45.3 Å². The molecule has 6 heterocycles. The van der Waals surface area contributed by atoms with Crippen LogP contribution in [0.25, 0.3) is 0 Å². The van der Waals surface area contributed by atoms with E-state index >= 15 is 0 Å². The molecule has 6 fully saturated rings. The number of aliphatic carboxylic acids is 2. The van der Waals surface area contributed by atoms with Crippen LogP contribution in [0.2, 0.25) is 0 Å². The molecule has 24 atom stereocenters. The number of aliphatic hydroxyl groups excluding tert-OH is 5. The third kappa shape index (κ3) is 22.7. The molecule has 2 saturated carbocycles. The number of ketones is 2. The molecule has 4 spiro atoms. The molecule has 0 aromatic heterocycles. The highest BCUT2D eigenvalue weighted by molar-refractivity contribution is 8.76. The van der Waals surface area contributed by atoms with Crippen molar-refractivity contribution in [3.63, 3.8) is 0 Å². The summed E-state index contributed by atoms with van der Waals surface area (Å²) in [6, 6.07) is -2.79.